The normalized spacial score (nSPS) is 11.0. The van der Waals surface area contributed by atoms with Gasteiger partial charge in [-0.25, -0.2) is 5.43 Å². The number of rotatable bonds is 5. The van der Waals surface area contributed by atoms with Crippen molar-refractivity contribution in [2.45, 2.75) is 13.8 Å². The standard InChI is InChI=1S/C16H17N3O2/c1-12-4-3-5-15(10-12)21-11-16(20)19-18-13(2)14-6-8-17-9-7-14/h3-10H,11H2,1-2H3,(H,19,20). The van der Waals surface area contributed by atoms with Crippen molar-refractivity contribution < 1.29 is 9.53 Å². The second kappa shape index (κ2) is 7.19. The van der Waals surface area contributed by atoms with E-state index in [1.165, 1.54) is 0 Å². The smallest absolute Gasteiger partial charge is 0.277 e. The lowest BCUT2D eigenvalue weighted by molar-refractivity contribution is -0.123. The Kier molecular flexibility index (Phi) is 5.04. The van der Waals surface area contributed by atoms with E-state index >= 15 is 0 Å². The number of hydrogen-bond donors (Lipinski definition) is 1. The molecule has 0 radical (unpaired) electrons. The third-order valence-corrected chi connectivity index (χ3v) is 2.81. The summed E-state index contributed by atoms with van der Waals surface area (Å²) in [6.07, 6.45) is 3.36. The van der Waals surface area contributed by atoms with E-state index < -0.39 is 0 Å². The van der Waals surface area contributed by atoms with Gasteiger partial charge in [0.05, 0.1) is 5.71 Å². The molecule has 0 saturated carbocycles. The molecule has 2 aromatic rings. The molecule has 0 unspecified atom stereocenters. The maximum atomic E-state index is 11.7. The van der Waals surface area contributed by atoms with Crippen molar-refractivity contribution in [2.24, 2.45) is 5.10 Å². The maximum absolute atomic E-state index is 11.7. The summed E-state index contributed by atoms with van der Waals surface area (Å²) in [6, 6.07) is 11.2. The Labute approximate surface area is 123 Å². The van der Waals surface area contributed by atoms with Gasteiger partial charge in [0.25, 0.3) is 5.91 Å². The number of aryl methyl sites for hydroxylation is 1. The van der Waals surface area contributed by atoms with Crippen molar-refractivity contribution in [3.8, 4) is 5.75 Å². The van der Waals surface area contributed by atoms with Gasteiger partial charge in [0, 0.05) is 18.0 Å². The molecule has 2 rings (SSSR count). The van der Waals surface area contributed by atoms with Crippen molar-refractivity contribution in [3.63, 3.8) is 0 Å². The van der Waals surface area contributed by atoms with E-state index in [1.807, 2.05) is 50.2 Å². The molecule has 1 aromatic carbocycles. The van der Waals surface area contributed by atoms with Gasteiger partial charge in [-0.15, -0.1) is 0 Å². The molecule has 0 aliphatic carbocycles. The molecule has 5 heteroatoms. The van der Waals surface area contributed by atoms with Gasteiger partial charge in [-0.3, -0.25) is 9.78 Å². The van der Waals surface area contributed by atoms with Gasteiger partial charge in [-0.1, -0.05) is 12.1 Å². The van der Waals surface area contributed by atoms with E-state index in [9.17, 15) is 4.79 Å². The van der Waals surface area contributed by atoms with Gasteiger partial charge in [0.2, 0.25) is 0 Å². The molecule has 0 aliphatic heterocycles. The van der Waals surface area contributed by atoms with Gasteiger partial charge in [-0.05, 0) is 43.7 Å². The zero-order chi connectivity index (χ0) is 15.1. The van der Waals surface area contributed by atoms with E-state index in [-0.39, 0.29) is 12.5 Å². The highest BCUT2D eigenvalue weighted by Crippen LogP contribution is 2.11. The minimum Gasteiger partial charge on any atom is -0.484 e. The van der Waals surface area contributed by atoms with Crippen LogP contribution in [0.5, 0.6) is 5.75 Å². The molecule has 0 spiro atoms. The van der Waals surface area contributed by atoms with Crippen LogP contribution in [0.15, 0.2) is 53.9 Å². The number of nitrogens with one attached hydrogen (secondary N) is 1. The van der Waals surface area contributed by atoms with Crippen LogP contribution >= 0.6 is 0 Å². The highest BCUT2D eigenvalue weighted by Gasteiger charge is 2.03. The first-order valence-electron chi connectivity index (χ1n) is 6.58. The number of hydrogen-bond acceptors (Lipinski definition) is 4. The van der Waals surface area contributed by atoms with Crippen LogP contribution in [0.3, 0.4) is 0 Å². The summed E-state index contributed by atoms with van der Waals surface area (Å²) in [5.74, 6) is 0.366. The number of benzene rings is 1. The third kappa shape index (κ3) is 4.72. The Morgan fingerprint density at radius 1 is 1.29 bits per heavy atom. The number of carbonyl (C=O) groups excluding carboxylic acids is 1. The average molecular weight is 283 g/mol. The van der Waals surface area contributed by atoms with Crippen LogP contribution in [-0.2, 0) is 4.79 Å². The van der Waals surface area contributed by atoms with Crippen LogP contribution < -0.4 is 10.2 Å². The molecule has 108 valence electrons. The van der Waals surface area contributed by atoms with Crippen LogP contribution in [0.2, 0.25) is 0 Å². The molecule has 0 aliphatic rings. The number of nitrogens with zero attached hydrogens (tertiary/aromatic N) is 2. The fourth-order valence-corrected chi connectivity index (χ4v) is 1.69. The Morgan fingerprint density at radius 2 is 2.05 bits per heavy atom. The SMILES string of the molecule is CC(=NNC(=O)COc1cccc(C)c1)c1ccncc1. The summed E-state index contributed by atoms with van der Waals surface area (Å²) in [7, 11) is 0. The number of carbonyl (C=O) groups is 1. The highest BCUT2D eigenvalue weighted by molar-refractivity contribution is 5.99. The molecule has 0 saturated heterocycles. The molecule has 1 aromatic heterocycles. The van der Waals surface area contributed by atoms with Crippen LogP contribution in [0.4, 0.5) is 0 Å². The van der Waals surface area contributed by atoms with Crippen molar-refractivity contribution in [1.82, 2.24) is 10.4 Å². The van der Waals surface area contributed by atoms with Crippen molar-refractivity contribution >= 4 is 11.6 Å². The molecule has 21 heavy (non-hydrogen) atoms. The third-order valence-electron chi connectivity index (χ3n) is 2.81. The molecule has 0 bridgehead atoms. The lowest BCUT2D eigenvalue weighted by Gasteiger charge is -2.06. The summed E-state index contributed by atoms with van der Waals surface area (Å²) in [6.45, 7) is 3.71. The van der Waals surface area contributed by atoms with Crippen LogP contribution in [0, 0.1) is 6.92 Å². The molecule has 0 atom stereocenters. The van der Waals surface area contributed by atoms with E-state index in [4.69, 9.17) is 4.74 Å². The summed E-state index contributed by atoms with van der Waals surface area (Å²) < 4.78 is 5.40. The number of pyridine rings is 1. The zero-order valence-corrected chi connectivity index (χ0v) is 12.0. The minimum absolute atomic E-state index is 0.0728. The number of ether oxygens (including phenoxy) is 1. The van der Waals surface area contributed by atoms with Crippen LogP contribution in [0.25, 0.3) is 0 Å². The average Bonchev–Trinajstić information content (AvgIpc) is 2.51. The molecular weight excluding hydrogens is 266 g/mol. The molecule has 0 fully saturated rings. The predicted molar refractivity (Wildman–Crippen MR) is 81.3 cm³/mol. The Hall–Kier alpha value is -2.69. The summed E-state index contributed by atoms with van der Waals surface area (Å²) in [5, 5.41) is 4.03. The lowest BCUT2D eigenvalue weighted by Crippen LogP contribution is -2.25. The monoisotopic (exact) mass is 283 g/mol. The van der Waals surface area contributed by atoms with Gasteiger partial charge >= 0.3 is 0 Å². The fraction of sp³-hybridized carbons (Fsp3) is 0.188. The lowest BCUT2D eigenvalue weighted by atomic mass is 10.2. The first-order valence-corrected chi connectivity index (χ1v) is 6.58. The Bertz CT molecular complexity index is 639. The zero-order valence-electron chi connectivity index (χ0n) is 12.0. The van der Waals surface area contributed by atoms with Gasteiger partial charge < -0.3 is 4.74 Å². The summed E-state index contributed by atoms with van der Waals surface area (Å²) in [4.78, 5) is 15.6. The van der Waals surface area contributed by atoms with E-state index in [0.717, 1.165) is 11.1 Å². The highest BCUT2D eigenvalue weighted by atomic mass is 16.5. The van der Waals surface area contributed by atoms with Crippen LogP contribution in [0.1, 0.15) is 18.1 Å². The molecule has 1 heterocycles. The van der Waals surface area contributed by atoms with Gasteiger partial charge in [-0.2, -0.15) is 5.10 Å². The number of hydrazone groups is 1. The van der Waals surface area contributed by atoms with Gasteiger partial charge in [0.1, 0.15) is 5.75 Å². The Balaban J connectivity index is 1.85. The predicted octanol–water partition coefficient (Wildman–Crippen LogP) is 2.31. The van der Waals surface area contributed by atoms with Crippen molar-refractivity contribution in [2.75, 3.05) is 6.61 Å². The fourth-order valence-electron chi connectivity index (χ4n) is 1.69. The quantitative estimate of drug-likeness (QED) is 0.676. The second-order valence-corrected chi connectivity index (χ2v) is 4.57. The van der Waals surface area contributed by atoms with Crippen LogP contribution in [-0.4, -0.2) is 23.2 Å². The van der Waals surface area contributed by atoms with E-state index in [2.05, 4.69) is 15.5 Å². The van der Waals surface area contributed by atoms with Crippen molar-refractivity contribution in [1.29, 1.82) is 0 Å². The van der Waals surface area contributed by atoms with Gasteiger partial charge in [0.15, 0.2) is 6.61 Å². The molecule has 1 N–H and O–H groups in total. The first kappa shape index (κ1) is 14.7. The number of aromatic nitrogens is 1. The maximum Gasteiger partial charge on any atom is 0.277 e. The number of amides is 1. The first-order chi connectivity index (χ1) is 10.1. The molecular formula is C16H17N3O2. The van der Waals surface area contributed by atoms with Crippen molar-refractivity contribution in [3.05, 3.63) is 59.9 Å². The Morgan fingerprint density at radius 3 is 2.76 bits per heavy atom. The van der Waals surface area contributed by atoms with E-state index in [0.29, 0.717) is 11.5 Å². The summed E-state index contributed by atoms with van der Waals surface area (Å²) >= 11 is 0. The van der Waals surface area contributed by atoms with E-state index in [1.54, 1.807) is 12.4 Å². The molecule has 1 amide bonds. The summed E-state index contributed by atoms with van der Waals surface area (Å²) in [5.41, 5.74) is 5.17. The minimum atomic E-state index is -0.301. The topological polar surface area (TPSA) is 63.6 Å². The second-order valence-electron chi connectivity index (χ2n) is 4.57. The molecule has 5 nitrogen and oxygen atoms in total. The largest absolute Gasteiger partial charge is 0.484 e.